The summed E-state index contributed by atoms with van der Waals surface area (Å²) in [6.07, 6.45) is 2.49. The van der Waals surface area contributed by atoms with Gasteiger partial charge in [0.2, 0.25) is 0 Å². The summed E-state index contributed by atoms with van der Waals surface area (Å²) in [7, 11) is 0. The highest BCUT2D eigenvalue weighted by atomic mass is 32.1. The lowest BCUT2D eigenvalue weighted by atomic mass is 9.83. The maximum Gasteiger partial charge on any atom is 0.341 e. The third-order valence-electron chi connectivity index (χ3n) is 5.33. The lowest BCUT2D eigenvalue weighted by Crippen LogP contribution is -2.17. The fraction of sp³-hybridized carbons (Fsp3) is 0.250. The third kappa shape index (κ3) is 4.14. The van der Waals surface area contributed by atoms with Gasteiger partial charge in [-0.1, -0.05) is 36.4 Å². The normalized spacial score (nSPS) is 15.3. The molecule has 0 aliphatic heterocycles. The highest BCUT2D eigenvalue weighted by Gasteiger charge is 2.31. The van der Waals surface area contributed by atoms with Crippen LogP contribution in [0.15, 0.2) is 54.6 Å². The first-order valence-electron chi connectivity index (χ1n) is 10.00. The van der Waals surface area contributed by atoms with Gasteiger partial charge in [-0.25, -0.2) is 9.18 Å². The number of thiophene rings is 1. The number of esters is 1. The van der Waals surface area contributed by atoms with Crippen molar-refractivity contribution in [1.82, 2.24) is 0 Å². The Morgan fingerprint density at radius 1 is 1.17 bits per heavy atom. The number of fused-ring (bicyclic) bond motifs is 1. The van der Waals surface area contributed by atoms with E-state index in [1.165, 1.54) is 35.1 Å². The Bertz CT molecular complexity index is 1080. The highest BCUT2D eigenvalue weighted by Crippen LogP contribution is 2.43. The molecular weight excluding hydrogens is 401 g/mol. The maximum absolute atomic E-state index is 13.5. The van der Waals surface area contributed by atoms with E-state index >= 15 is 0 Å². The van der Waals surface area contributed by atoms with Crippen molar-refractivity contribution in [3.63, 3.8) is 0 Å². The molecule has 6 heteroatoms. The first-order chi connectivity index (χ1) is 14.6. The third-order valence-corrected chi connectivity index (χ3v) is 6.50. The second-order valence-corrected chi connectivity index (χ2v) is 8.35. The highest BCUT2D eigenvalue weighted by molar-refractivity contribution is 7.17. The topological polar surface area (TPSA) is 55.4 Å². The van der Waals surface area contributed by atoms with E-state index in [1.807, 2.05) is 18.2 Å². The zero-order chi connectivity index (χ0) is 21.1. The van der Waals surface area contributed by atoms with Gasteiger partial charge in [0.1, 0.15) is 10.8 Å². The molecule has 0 saturated heterocycles. The molecule has 4 nitrogen and oxygen atoms in total. The summed E-state index contributed by atoms with van der Waals surface area (Å²) >= 11 is 1.42. The monoisotopic (exact) mass is 423 g/mol. The van der Waals surface area contributed by atoms with Crippen LogP contribution in [-0.2, 0) is 17.6 Å². The summed E-state index contributed by atoms with van der Waals surface area (Å²) in [5.41, 5.74) is 2.88. The zero-order valence-electron chi connectivity index (χ0n) is 16.6. The first-order valence-corrected chi connectivity index (χ1v) is 10.8. The molecule has 1 heterocycles. The summed E-state index contributed by atoms with van der Waals surface area (Å²) in [6, 6.07) is 15.8. The van der Waals surface area contributed by atoms with Gasteiger partial charge in [0, 0.05) is 10.4 Å². The lowest BCUT2D eigenvalue weighted by Gasteiger charge is -2.23. The minimum absolute atomic E-state index is 0.207. The largest absolute Gasteiger partial charge is 0.462 e. The molecule has 1 amide bonds. The van der Waals surface area contributed by atoms with Crippen LogP contribution in [0.25, 0.3) is 0 Å². The van der Waals surface area contributed by atoms with E-state index in [1.54, 1.807) is 13.0 Å². The molecule has 1 aliphatic rings. The van der Waals surface area contributed by atoms with E-state index in [9.17, 15) is 14.0 Å². The van der Waals surface area contributed by atoms with Crippen LogP contribution in [0.4, 0.5) is 9.39 Å². The molecular formula is C24H22FNO3S. The Balaban J connectivity index is 1.66. The summed E-state index contributed by atoms with van der Waals surface area (Å²) in [6.45, 7) is 2.01. The Morgan fingerprint density at radius 2 is 1.97 bits per heavy atom. The number of ether oxygens (including phenoxy) is 1. The molecule has 30 heavy (non-hydrogen) atoms. The van der Waals surface area contributed by atoms with Gasteiger partial charge in [0.15, 0.2) is 0 Å². The van der Waals surface area contributed by atoms with Crippen molar-refractivity contribution >= 4 is 28.2 Å². The molecule has 0 bridgehead atoms. The number of benzene rings is 2. The molecule has 1 atom stereocenters. The summed E-state index contributed by atoms with van der Waals surface area (Å²) in [5, 5.41) is 3.29. The standard InChI is InChI=1S/C24H22FNO3S/c1-2-29-24(28)21-19-12-11-16(15-7-4-3-5-8-15)14-20(19)30-23(21)26-22(27)17-9-6-10-18(25)13-17/h3-10,13,16H,2,11-12,14H2,1H3,(H,26,27)/t16-/m0/s1. The molecule has 0 radical (unpaired) electrons. The average molecular weight is 424 g/mol. The van der Waals surface area contributed by atoms with E-state index < -0.39 is 17.7 Å². The van der Waals surface area contributed by atoms with Crippen LogP contribution in [-0.4, -0.2) is 18.5 Å². The maximum atomic E-state index is 13.5. The van der Waals surface area contributed by atoms with Crippen molar-refractivity contribution in [3.8, 4) is 0 Å². The number of carbonyl (C=O) groups is 2. The number of nitrogens with one attached hydrogen (secondary N) is 1. The van der Waals surface area contributed by atoms with Crippen LogP contribution in [0.1, 0.15) is 56.0 Å². The van der Waals surface area contributed by atoms with Crippen molar-refractivity contribution in [2.75, 3.05) is 11.9 Å². The van der Waals surface area contributed by atoms with E-state index in [0.717, 1.165) is 29.7 Å². The van der Waals surface area contributed by atoms with Crippen molar-refractivity contribution in [1.29, 1.82) is 0 Å². The Hall–Kier alpha value is -2.99. The van der Waals surface area contributed by atoms with Crippen molar-refractivity contribution in [3.05, 3.63) is 87.5 Å². The van der Waals surface area contributed by atoms with Gasteiger partial charge >= 0.3 is 5.97 Å². The van der Waals surface area contributed by atoms with Gasteiger partial charge < -0.3 is 10.1 Å². The SMILES string of the molecule is CCOC(=O)c1c(NC(=O)c2cccc(F)c2)sc2c1CC[C@H](c1ccccc1)C2. The number of halogens is 1. The fourth-order valence-electron chi connectivity index (χ4n) is 3.91. The molecule has 154 valence electrons. The minimum Gasteiger partial charge on any atom is -0.462 e. The van der Waals surface area contributed by atoms with Gasteiger partial charge in [0.25, 0.3) is 5.91 Å². The van der Waals surface area contributed by atoms with Crippen LogP contribution >= 0.6 is 11.3 Å². The molecule has 2 aromatic carbocycles. The molecule has 0 spiro atoms. The summed E-state index contributed by atoms with van der Waals surface area (Å²) < 4.78 is 18.8. The Labute approximate surface area is 178 Å². The first kappa shape index (κ1) is 20.3. The zero-order valence-corrected chi connectivity index (χ0v) is 17.4. The van der Waals surface area contributed by atoms with E-state index in [2.05, 4.69) is 17.4 Å². The molecule has 0 unspecified atom stereocenters. The number of rotatable bonds is 5. The lowest BCUT2D eigenvalue weighted by molar-refractivity contribution is 0.0526. The Kier molecular flexibility index (Phi) is 5.95. The predicted molar refractivity (Wildman–Crippen MR) is 116 cm³/mol. The van der Waals surface area contributed by atoms with Gasteiger partial charge in [-0.3, -0.25) is 4.79 Å². The molecule has 3 aromatic rings. The number of carbonyl (C=O) groups excluding carboxylic acids is 2. The molecule has 1 aromatic heterocycles. The smallest absolute Gasteiger partial charge is 0.341 e. The second-order valence-electron chi connectivity index (χ2n) is 7.24. The predicted octanol–water partition coefficient (Wildman–Crippen LogP) is 5.59. The van der Waals surface area contributed by atoms with Crippen LogP contribution in [0.3, 0.4) is 0 Å². The van der Waals surface area contributed by atoms with Crippen LogP contribution in [0.5, 0.6) is 0 Å². The van der Waals surface area contributed by atoms with E-state index in [0.29, 0.717) is 16.5 Å². The van der Waals surface area contributed by atoms with Gasteiger partial charge in [0.05, 0.1) is 12.2 Å². The number of anilines is 1. The van der Waals surface area contributed by atoms with Crippen LogP contribution in [0.2, 0.25) is 0 Å². The van der Waals surface area contributed by atoms with Crippen molar-refractivity contribution in [2.45, 2.75) is 32.1 Å². The quantitative estimate of drug-likeness (QED) is 0.545. The molecule has 1 N–H and O–H groups in total. The minimum atomic E-state index is -0.482. The molecule has 1 aliphatic carbocycles. The molecule has 0 fully saturated rings. The van der Waals surface area contributed by atoms with Gasteiger partial charge in [-0.05, 0) is 61.4 Å². The summed E-state index contributed by atoms with van der Waals surface area (Å²) in [4.78, 5) is 26.5. The molecule has 0 saturated carbocycles. The molecule has 4 rings (SSSR count). The van der Waals surface area contributed by atoms with E-state index in [-0.39, 0.29) is 12.2 Å². The number of hydrogen-bond acceptors (Lipinski definition) is 4. The number of amides is 1. The van der Waals surface area contributed by atoms with Crippen molar-refractivity contribution < 1.29 is 18.7 Å². The van der Waals surface area contributed by atoms with Gasteiger partial charge in [-0.15, -0.1) is 11.3 Å². The fourth-order valence-corrected chi connectivity index (χ4v) is 5.22. The van der Waals surface area contributed by atoms with Crippen molar-refractivity contribution in [2.24, 2.45) is 0 Å². The second kappa shape index (κ2) is 8.79. The van der Waals surface area contributed by atoms with Crippen LogP contribution < -0.4 is 5.32 Å². The van der Waals surface area contributed by atoms with E-state index in [4.69, 9.17) is 4.74 Å². The Morgan fingerprint density at radius 3 is 2.70 bits per heavy atom. The van der Waals surface area contributed by atoms with Crippen LogP contribution in [0, 0.1) is 5.82 Å². The number of hydrogen-bond donors (Lipinski definition) is 1. The van der Waals surface area contributed by atoms with Gasteiger partial charge in [-0.2, -0.15) is 0 Å². The summed E-state index contributed by atoms with van der Waals surface area (Å²) in [5.74, 6) is -0.982. The average Bonchev–Trinajstić information content (AvgIpc) is 3.11.